The molecule has 2 rings (SSSR count). The molecule has 0 aliphatic carbocycles. The summed E-state index contributed by atoms with van der Waals surface area (Å²) in [6, 6.07) is 16.6. The molecule has 1 unspecified atom stereocenters. The molecule has 0 spiro atoms. The second kappa shape index (κ2) is 6.64. The van der Waals surface area contributed by atoms with Gasteiger partial charge in [0.25, 0.3) is 0 Å². The minimum atomic E-state index is 0.248. The van der Waals surface area contributed by atoms with E-state index in [2.05, 4.69) is 43.3 Å². The average molecular weight is 273 g/mol. The topological polar surface area (TPSA) is 35.2 Å². The summed E-state index contributed by atoms with van der Waals surface area (Å²) in [6.45, 7) is 2.70. The Labute approximate surface area is 119 Å². The number of ether oxygens (including phenoxy) is 1. The Bertz CT molecular complexity index is 525. The summed E-state index contributed by atoms with van der Waals surface area (Å²) < 4.78 is 5.27. The average Bonchev–Trinajstić information content (AvgIpc) is 2.46. The Morgan fingerprint density at radius 1 is 1.16 bits per heavy atom. The van der Waals surface area contributed by atoms with Crippen LogP contribution >= 0.6 is 11.8 Å². The zero-order valence-corrected chi connectivity index (χ0v) is 12.1. The highest BCUT2D eigenvalue weighted by molar-refractivity contribution is 7.99. The van der Waals surface area contributed by atoms with Crippen LogP contribution in [0.25, 0.3) is 0 Å². The van der Waals surface area contributed by atoms with Gasteiger partial charge in [-0.05, 0) is 36.8 Å². The van der Waals surface area contributed by atoms with Crippen molar-refractivity contribution < 1.29 is 4.74 Å². The number of benzene rings is 2. The van der Waals surface area contributed by atoms with Crippen LogP contribution in [0.1, 0.15) is 16.4 Å². The lowest BCUT2D eigenvalue weighted by molar-refractivity contribution is 0.414. The van der Waals surface area contributed by atoms with Crippen molar-refractivity contribution in [3.8, 4) is 5.75 Å². The lowest BCUT2D eigenvalue weighted by Gasteiger charge is -2.16. The fraction of sp³-hybridized carbons (Fsp3) is 0.250. The molecule has 0 amide bonds. The van der Waals surface area contributed by atoms with Crippen LogP contribution in [0.4, 0.5) is 0 Å². The van der Waals surface area contributed by atoms with Crippen molar-refractivity contribution in [2.75, 3.05) is 13.7 Å². The van der Waals surface area contributed by atoms with Gasteiger partial charge in [0.15, 0.2) is 0 Å². The standard InChI is InChI=1S/C16H19NOS/c1-12-6-8-15(9-7-12)19-16(11-17)13-4-3-5-14(10-13)18-2/h3-10,16H,11,17H2,1-2H3. The van der Waals surface area contributed by atoms with Gasteiger partial charge in [0, 0.05) is 16.7 Å². The highest BCUT2D eigenvalue weighted by Crippen LogP contribution is 2.35. The van der Waals surface area contributed by atoms with Crippen LogP contribution in [-0.4, -0.2) is 13.7 Å². The van der Waals surface area contributed by atoms with E-state index >= 15 is 0 Å². The van der Waals surface area contributed by atoms with Gasteiger partial charge < -0.3 is 10.5 Å². The quantitative estimate of drug-likeness (QED) is 0.842. The molecule has 0 saturated carbocycles. The molecule has 19 heavy (non-hydrogen) atoms. The Kier molecular flexibility index (Phi) is 4.88. The van der Waals surface area contributed by atoms with Crippen molar-refractivity contribution in [1.82, 2.24) is 0 Å². The van der Waals surface area contributed by atoms with Gasteiger partial charge in [0.05, 0.1) is 7.11 Å². The monoisotopic (exact) mass is 273 g/mol. The van der Waals surface area contributed by atoms with Gasteiger partial charge in [-0.2, -0.15) is 0 Å². The third-order valence-electron chi connectivity index (χ3n) is 2.98. The van der Waals surface area contributed by atoms with E-state index in [0.717, 1.165) is 5.75 Å². The summed E-state index contributed by atoms with van der Waals surface area (Å²) in [5, 5.41) is 0.248. The number of methoxy groups -OCH3 is 1. The first-order valence-corrected chi connectivity index (χ1v) is 7.18. The minimum Gasteiger partial charge on any atom is -0.497 e. The molecular formula is C16H19NOS. The molecule has 100 valence electrons. The van der Waals surface area contributed by atoms with Crippen LogP contribution in [0.3, 0.4) is 0 Å². The summed E-state index contributed by atoms with van der Waals surface area (Å²) >= 11 is 1.79. The number of hydrogen-bond acceptors (Lipinski definition) is 3. The van der Waals surface area contributed by atoms with Crippen LogP contribution in [0, 0.1) is 6.92 Å². The lowest BCUT2D eigenvalue weighted by atomic mass is 10.1. The van der Waals surface area contributed by atoms with Crippen LogP contribution in [0.5, 0.6) is 5.75 Å². The Hall–Kier alpha value is -1.45. The van der Waals surface area contributed by atoms with E-state index in [-0.39, 0.29) is 5.25 Å². The molecule has 0 saturated heterocycles. The summed E-state index contributed by atoms with van der Waals surface area (Å²) in [4.78, 5) is 1.24. The van der Waals surface area contributed by atoms with Gasteiger partial charge in [-0.25, -0.2) is 0 Å². The first kappa shape index (κ1) is 14.0. The number of thioether (sulfide) groups is 1. The summed E-state index contributed by atoms with van der Waals surface area (Å²) in [5.74, 6) is 0.875. The zero-order valence-electron chi connectivity index (χ0n) is 11.3. The van der Waals surface area contributed by atoms with Gasteiger partial charge in [0.2, 0.25) is 0 Å². The lowest BCUT2D eigenvalue weighted by Crippen LogP contribution is -2.09. The van der Waals surface area contributed by atoms with E-state index in [4.69, 9.17) is 10.5 Å². The van der Waals surface area contributed by atoms with Crippen molar-refractivity contribution in [2.45, 2.75) is 17.1 Å². The van der Waals surface area contributed by atoms with Crippen LogP contribution in [0.2, 0.25) is 0 Å². The maximum absolute atomic E-state index is 5.91. The van der Waals surface area contributed by atoms with E-state index in [0.29, 0.717) is 6.54 Å². The normalized spacial score (nSPS) is 12.2. The van der Waals surface area contributed by atoms with E-state index in [1.807, 2.05) is 12.1 Å². The zero-order chi connectivity index (χ0) is 13.7. The molecule has 0 heterocycles. The Morgan fingerprint density at radius 3 is 2.53 bits per heavy atom. The van der Waals surface area contributed by atoms with E-state index in [9.17, 15) is 0 Å². The van der Waals surface area contributed by atoms with Crippen molar-refractivity contribution in [1.29, 1.82) is 0 Å². The molecule has 0 aromatic heterocycles. The molecule has 1 atom stereocenters. The highest BCUT2D eigenvalue weighted by Gasteiger charge is 2.12. The van der Waals surface area contributed by atoms with Crippen molar-refractivity contribution in [3.63, 3.8) is 0 Å². The molecule has 2 aromatic carbocycles. The number of hydrogen-bond donors (Lipinski definition) is 1. The minimum absolute atomic E-state index is 0.248. The number of rotatable bonds is 5. The van der Waals surface area contributed by atoms with E-state index in [1.54, 1.807) is 18.9 Å². The third kappa shape index (κ3) is 3.75. The second-order valence-corrected chi connectivity index (χ2v) is 5.71. The Morgan fingerprint density at radius 2 is 1.89 bits per heavy atom. The molecule has 2 N–H and O–H groups in total. The fourth-order valence-electron chi connectivity index (χ4n) is 1.88. The second-order valence-electron chi connectivity index (χ2n) is 4.43. The predicted octanol–water partition coefficient (Wildman–Crippen LogP) is 3.80. The maximum atomic E-state index is 5.91. The molecular weight excluding hydrogens is 254 g/mol. The molecule has 2 aromatic rings. The molecule has 0 aliphatic heterocycles. The van der Waals surface area contributed by atoms with Crippen molar-refractivity contribution >= 4 is 11.8 Å². The molecule has 3 heteroatoms. The van der Waals surface area contributed by atoms with Gasteiger partial charge in [0.1, 0.15) is 5.75 Å². The fourth-order valence-corrected chi connectivity index (χ4v) is 2.88. The molecule has 0 bridgehead atoms. The largest absolute Gasteiger partial charge is 0.497 e. The van der Waals surface area contributed by atoms with Gasteiger partial charge in [-0.1, -0.05) is 29.8 Å². The highest BCUT2D eigenvalue weighted by atomic mass is 32.2. The molecule has 0 fully saturated rings. The molecule has 0 aliphatic rings. The van der Waals surface area contributed by atoms with Crippen LogP contribution in [-0.2, 0) is 0 Å². The summed E-state index contributed by atoms with van der Waals surface area (Å²) in [7, 11) is 1.68. The molecule has 2 nitrogen and oxygen atoms in total. The Balaban J connectivity index is 2.17. The SMILES string of the molecule is COc1cccc(C(CN)Sc2ccc(C)cc2)c1. The first-order chi connectivity index (χ1) is 9.22. The van der Waals surface area contributed by atoms with Crippen LogP contribution in [0.15, 0.2) is 53.4 Å². The smallest absolute Gasteiger partial charge is 0.119 e. The van der Waals surface area contributed by atoms with Crippen LogP contribution < -0.4 is 10.5 Å². The predicted molar refractivity (Wildman–Crippen MR) is 81.8 cm³/mol. The van der Waals surface area contributed by atoms with Gasteiger partial charge in [-0.3, -0.25) is 0 Å². The van der Waals surface area contributed by atoms with E-state index in [1.165, 1.54) is 16.0 Å². The summed E-state index contributed by atoms with van der Waals surface area (Å²) in [5.41, 5.74) is 8.39. The van der Waals surface area contributed by atoms with Gasteiger partial charge in [-0.15, -0.1) is 11.8 Å². The first-order valence-electron chi connectivity index (χ1n) is 6.30. The third-order valence-corrected chi connectivity index (χ3v) is 4.27. The summed E-state index contributed by atoms with van der Waals surface area (Å²) in [6.07, 6.45) is 0. The van der Waals surface area contributed by atoms with E-state index < -0.39 is 0 Å². The van der Waals surface area contributed by atoms with Crippen molar-refractivity contribution in [2.24, 2.45) is 5.73 Å². The number of aryl methyl sites for hydroxylation is 1. The number of nitrogens with two attached hydrogens (primary N) is 1. The molecule has 0 radical (unpaired) electrons. The maximum Gasteiger partial charge on any atom is 0.119 e. The van der Waals surface area contributed by atoms with Gasteiger partial charge >= 0.3 is 0 Å². The van der Waals surface area contributed by atoms with Crippen molar-refractivity contribution in [3.05, 3.63) is 59.7 Å².